The molecule has 0 unspecified atom stereocenters. The molecule has 0 saturated carbocycles. The second-order valence-corrected chi connectivity index (χ2v) is 2.58. The number of nitrogens with one attached hydrogen (secondary N) is 1. The Morgan fingerprint density at radius 3 is 2.64 bits per heavy atom. The number of aliphatic carboxylic acids is 1. The average molecular weight is 201 g/mol. The minimum atomic E-state index is -1.09. The molecule has 0 radical (unpaired) electrons. The molecular formula is C7H12BNO5. The zero-order valence-corrected chi connectivity index (χ0v) is 7.86. The van der Waals surface area contributed by atoms with Crippen molar-refractivity contribution in [2.24, 2.45) is 0 Å². The molecule has 0 saturated heterocycles. The molecule has 2 N–H and O–H groups in total. The third kappa shape index (κ3) is 5.42. The van der Waals surface area contributed by atoms with E-state index in [4.69, 9.17) is 5.11 Å². The number of carbonyl (C=O) groups is 2. The van der Waals surface area contributed by atoms with E-state index in [1.165, 1.54) is 7.11 Å². The predicted octanol–water partition coefficient (Wildman–Crippen LogP) is -1.01. The summed E-state index contributed by atoms with van der Waals surface area (Å²) in [5, 5.41) is 11.1. The fourth-order valence-corrected chi connectivity index (χ4v) is 0.867. The molecule has 0 bridgehead atoms. The summed E-state index contributed by atoms with van der Waals surface area (Å²) in [6.07, 6.45) is 0.0767. The van der Waals surface area contributed by atoms with E-state index >= 15 is 0 Å². The number of methoxy groups -OCH3 is 1. The molecule has 78 valence electrons. The molecule has 0 aliphatic rings. The van der Waals surface area contributed by atoms with E-state index in [0.717, 1.165) is 0 Å². The van der Waals surface area contributed by atoms with E-state index in [9.17, 15) is 14.3 Å². The first-order valence-corrected chi connectivity index (χ1v) is 4.08. The quantitative estimate of drug-likeness (QED) is 0.405. The van der Waals surface area contributed by atoms with Crippen LogP contribution in [0.25, 0.3) is 0 Å². The van der Waals surface area contributed by atoms with Gasteiger partial charge in [0.2, 0.25) is 0 Å². The molecule has 0 heterocycles. The van der Waals surface area contributed by atoms with Crippen molar-refractivity contribution in [2.75, 3.05) is 13.6 Å². The molecule has 0 aliphatic heterocycles. The van der Waals surface area contributed by atoms with Crippen molar-refractivity contribution in [3.63, 3.8) is 0 Å². The van der Waals surface area contributed by atoms with Gasteiger partial charge in [-0.2, -0.15) is 0 Å². The van der Waals surface area contributed by atoms with E-state index in [2.05, 4.69) is 10.1 Å². The number of hydrogen-bond donors (Lipinski definition) is 2. The van der Waals surface area contributed by atoms with Crippen molar-refractivity contribution < 1.29 is 24.1 Å². The van der Waals surface area contributed by atoms with Gasteiger partial charge in [-0.15, -0.1) is 0 Å². The summed E-state index contributed by atoms with van der Waals surface area (Å²) in [6.45, 7) is 0. The molecule has 6 nitrogen and oxygen atoms in total. The van der Waals surface area contributed by atoms with Crippen LogP contribution >= 0.6 is 0 Å². The Morgan fingerprint density at radius 2 is 2.21 bits per heavy atom. The van der Waals surface area contributed by atoms with E-state index in [-0.39, 0.29) is 19.3 Å². The second-order valence-electron chi connectivity index (χ2n) is 2.58. The van der Waals surface area contributed by atoms with Crippen LogP contribution in [-0.4, -0.2) is 43.8 Å². The number of carboxylic acid groups (broad SMARTS) is 1. The van der Waals surface area contributed by atoms with Crippen molar-refractivity contribution >= 4 is 19.1 Å². The molecule has 1 atom stereocenters. The first-order chi connectivity index (χ1) is 6.61. The van der Waals surface area contributed by atoms with Crippen LogP contribution < -0.4 is 5.32 Å². The molecule has 0 rings (SSSR count). The van der Waals surface area contributed by atoms with Gasteiger partial charge >= 0.3 is 81.0 Å². The number of ether oxygens (including phenoxy) is 1. The summed E-state index contributed by atoms with van der Waals surface area (Å²) >= 11 is 0. The number of carboxylic acids is 1. The summed E-state index contributed by atoms with van der Waals surface area (Å²) in [4.78, 5) is 21.3. The minimum absolute atomic E-state index is 0.0132. The second kappa shape index (κ2) is 7.20. The Hall–Kier alpha value is -1.24. The van der Waals surface area contributed by atoms with Gasteiger partial charge in [0.05, 0.1) is 0 Å². The van der Waals surface area contributed by atoms with Gasteiger partial charge in [-0.3, -0.25) is 0 Å². The normalized spacial score (nSPS) is 11.5. The Morgan fingerprint density at radius 1 is 1.57 bits per heavy atom. The fraction of sp³-hybridized carbons (Fsp3) is 0.714. The Balaban J connectivity index is 3.90. The van der Waals surface area contributed by atoms with Crippen LogP contribution in [0.15, 0.2) is 0 Å². The molecule has 0 aromatic heterocycles. The van der Waals surface area contributed by atoms with Crippen molar-refractivity contribution in [1.29, 1.82) is 0 Å². The summed E-state index contributed by atoms with van der Waals surface area (Å²) in [5.41, 5.74) is 0. The van der Waals surface area contributed by atoms with Crippen LogP contribution in [0, 0.1) is 0 Å². The fourth-order valence-electron chi connectivity index (χ4n) is 0.867. The van der Waals surface area contributed by atoms with Crippen molar-refractivity contribution in [1.82, 2.24) is 5.32 Å². The van der Waals surface area contributed by atoms with Gasteiger partial charge in [0.25, 0.3) is 0 Å². The van der Waals surface area contributed by atoms with Crippen LogP contribution in [0.2, 0.25) is 0 Å². The van der Waals surface area contributed by atoms with Crippen LogP contribution in [0.5, 0.6) is 0 Å². The maximum atomic E-state index is 10.7. The van der Waals surface area contributed by atoms with Crippen LogP contribution in [0.4, 0.5) is 0 Å². The molecule has 14 heavy (non-hydrogen) atoms. The van der Waals surface area contributed by atoms with Gasteiger partial charge in [0, 0.05) is 0 Å². The molecular weight excluding hydrogens is 189 g/mol. The average Bonchev–Trinajstić information content (AvgIpc) is 2.16. The Kier molecular flexibility index (Phi) is 6.56. The Labute approximate surface area is 81.9 Å². The number of rotatable bonds is 7. The molecule has 0 aromatic carbocycles. The van der Waals surface area contributed by atoms with Crippen LogP contribution in [-0.2, 0) is 19.0 Å². The van der Waals surface area contributed by atoms with Gasteiger partial charge in [-0.1, -0.05) is 0 Å². The van der Waals surface area contributed by atoms with Crippen molar-refractivity contribution in [2.45, 2.75) is 18.9 Å². The third-order valence-electron chi connectivity index (χ3n) is 1.61. The van der Waals surface area contributed by atoms with Gasteiger partial charge in [0.15, 0.2) is 0 Å². The van der Waals surface area contributed by atoms with E-state index < -0.39 is 18.0 Å². The van der Waals surface area contributed by atoms with Crippen molar-refractivity contribution in [3.8, 4) is 0 Å². The summed E-state index contributed by atoms with van der Waals surface area (Å²) in [6, 6.07) is -0.890. The van der Waals surface area contributed by atoms with Crippen molar-refractivity contribution in [3.05, 3.63) is 0 Å². The molecule has 0 aliphatic carbocycles. The van der Waals surface area contributed by atoms with E-state index in [1.807, 2.05) is 0 Å². The topological polar surface area (TPSA) is 92.7 Å². The molecule has 0 spiro atoms. The summed E-state index contributed by atoms with van der Waals surface area (Å²) < 4.78 is 14.3. The number of carbonyl (C=O) groups excluding carboxylic acids is 1. The summed E-state index contributed by atoms with van der Waals surface area (Å²) in [7, 11) is 1.80. The van der Waals surface area contributed by atoms with Gasteiger partial charge < -0.3 is 0 Å². The first kappa shape index (κ1) is 12.8. The first-order valence-electron chi connectivity index (χ1n) is 4.08. The summed E-state index contributed by atoms with van der Waals surface area (Å²) in [5.74, 6) is -1.56. The SMILES string of the molecule is COC(=O)CC[C@H](NCB=O)C(=O)O. The van der Waals surface area contributed by atoms with Gasteiger partial charge in [0.1, 0.15) is 0 Å². The Bertz CT molecular complexity index is 220. The van der Waals surface area contributed by atoms with Gasteiger partial charge in [-0.05, 0) is 0 Å². The van der Waals surface area contributed by atoms with Crippen LogP contribution in [0.1, 0.15) is 12.8 Å². The predicted molar refractivity (Wildman–Crippen MR) is 47.1 cm³/mol. The standard InChI is InChI=1S/C7H12BNO5/c1-14-6(10)3-2-5(7(11)12)9-4-8-13/h5,9H,2-4H2,1H3,(H,11,12)/t5-/m0/s1. The third-order valence-corrected chi connectivity index (χ3v) is 1.61. The molecule has 0 fully saturated rings. The van der Waals surface area contributed by atoms with Gasteiger partial charge in [-0.25, -0.2) is 0 Å². The number of esters is 1. The monoisotopic (exact) mass is 201 g/mol. The molecule has 0 aromatic rings. The zero-order chi connectivity index (χ0) is 11.0. The molecule has 0 amide bonds. The van der Waals surface area contributed by atoms with E-state index in [0.29, 0.717) is 7.15 Å². The molecule has 7 heteroatoms. The zero-order valence-electron chi connectivity index (χ0n) is 7.86. The number of hydrogen-bond acceptors (Lipinski definition) is 5. The van der Waals surface area contributed by atoms with Crippen LogP contribution in [0.3, 0.4) is 0 Å². The van der Waals surface area contributed by atoms with E-state index in [1.54, 1.807) is 0 Å². The maximum absolute atomic E-state index is 10.7.